The molecular weight excluding hydrogens is 260 g/mol. The Kier molecular flexibility index (Phi) is 5.27. The van der Waals surface area contributed by atoms with E-state index in [4.69, 9.17) is 0 Å². The third-order valence-corrected chi connectivity index (χ3v) is 4.53. The van der Waals surface area contributed by atoms with E-state index in [9.17, 15) is 4.79 Å². The summed E-state index contributed by atoms with van der Waals surface area (Å²) in [5.74, 6) is 1.46. The summed E-state index contributed by atoms with van der Waals surface area (Å²) in [6.07, 6.45) is 3.93. The first-order valence-electron chi connectivity index (χ1n) is 8.15. The zero-order valence-corrected chi connectivity index (χ0v) is 13.6. The minimum atomic E-state index is 0.00000392. The standard InChI is InChI=1S/C18H28N2O/c1-12(2)18(21)20-16-10-6-9-15(11-16)19-17-13(3)7-5-8-14(17)4/h6,9-14,17,19H,5,7-8H2,1-4H3,(H,20,21). The van der Waals surface area contributed by atoms with Gasteiger partial charge in [0.2, 0.25) is 5.91 Å². The smallest absolute Gasteiger partial charge is 0.226 e. The summed E-state index contributed by atoms with van der Waals surface area (Å²) >= 11 is 0. The molecule has 3 nitrogen and oxygen atoms in total. The van der Waals surface area contributed by atoms with Crippen LogP contribution in [0.3, 0.4) is 0 Å². The van der Waals surface area contributed by atoms with E-state index in [1.807, 2.05) is 32.0 Å². The van der Waals surface area contributed by atoms with Crippen molar-refractivity contribution in [3.05, 3.63) is 24.3 Å². The minimum Gasteiger partial charge on any atom is -0.382 e. The molecule has 1 aromatic carbocycles. The van der Waals surface area contributed by atoms with E-state index in [1.165, 1.54) is 19.3 Å². The number of anilines is 2. The Morgan fingerprint density at radius 1 is 1.14 bits per heavy atom. The molecule has 1 amide bonds. The second-order valence-electron chi connectivity index (χ2n) is 6.78. The first-order valence-corrected chi connectivity index (χ1v) is 8.15. The zero-order chi connectivity index (χ0) is 15.4. The quantitative estimate of drug-likeness (QED) is 0.855. The highest BCUT2D eigenvalue weighted by Gasteiger charge is 2.27. The average molecular weight is 288 g/mol. The number of carbonyl (C=O) groups is 1. The average Bonchev–Trinajstić information content (AvgIpc) is 2.43. The first-order chi connectivity index (χ1) is 9.97. The van der Waals surface area contributed by atoms with Gasteiger partial charge >= 0.3 is 0 Å². The van der Waals surface area contributed by atoms with E-state index >= 15 is 0 Å². The molecule has 0 heterocycles. The van der Waals surface area contributed by atoms with E-state index in [2.05, 4.69) is 30.5 Å². The first kappa shape index (κ1) is 15.9. The summed E-state index contributed by atoms with van der Waals surface area (Å²) in [6, 6.07) is 8.58. The topological polar surface area (TPSA) is 41.1 Å². The van der Waals surface area contributed by atoms with Crippen LogP contribution in [0.5, 0.6) is 0 Å². The van der Waals surface area contributed by atoms with Crippen LogP contribution in [-0.4, -0.2) is 11.9 Å². The van der Waals surface area contributed by atoms with Gasteiger partial charge in [0.05, 0.1) is 0 Å². The number of benzene rings is 1. The van der Waals surface area contributed by atoms with Crippen molar-refractivity contribution in [3.8, 4) is 0 Å². The molecule has 0 aromatic heterocycles. The number of nitrogens with one attached hydrogen (secondary N) is 2. The van der Waals surface area contributed by atoms with Crippen LogP contribution in [0.4, 0.5) is 11.4 Å². The summed E-state index contributed by atoms with van der Waals surface area (Å²) in [6.45, 7) is 8.47. The van der Waals surface area contributed by atoms with Gasteiger partial charge in [0, 0.05) is 23.3 Å². The lowest BCUT2D eigenvalue weighted by Gasteiger charge is -2.36. The molecule has 116 valence electrons. The molecule has 2 unspecified atom stereocenters. The monoisotopic (exact) mass is 288 g/mol. The van der Waals surface area contributed by atoms with Crippen LogP contribution in [0.1, 0.15) is 47.0 Å². The maximum Gasteiger partial charge on any atom is 0.226 e. The van der Waals surface area contributed by atoms with Crippen molar-refractivity contribution in [2.24, 2.45) is 17.8 Å². The fraction of sp³-hybridized carbons (Fsp3) is 0.611. The van der Waals surface area contributed by atoms with Gasteiger partial charge in [-0.05, 0) is 42.9 Å². The minimum absolute atomic E-state index is 0.00000392. The van der Waals surface area contributed by atoms with E-state index < -0.39 is 0 Å². The highest BCUT2D eigenvalue weighted by molar-refractivity contribution is 5.92. The van der Waals surface area contributed by atoms with Crippen LogP contribution < -0.4 is 10.6 Å². The summed E-state index contributed by atoms with van der Waals surface area (Å²) < 4.78 is 0. The zero-order valence-electron chi connectivity index (χ0n) is 13.6. The van der Waals surface area contributed by atoms with Crippen LogP contribution in [0.2, 0.25) is 0 Å². The Morgan fingerprint density at radius 2 is 1.76 bits per heavy atom. The van der Waals surface area contributed by atoms with Crippen LogP contribution in [0, 0.1) is 17.8 Å². The van der Waals surface area contributed by atoms with E-state index in [0.29, 0.717) is 17.9 Å². The van der Waals surface area contributed by atoms with Gasteiger partial charge in [-0.1, -0.05) is 40.2 Å². The third kappa shape index (κ3) is 4.23. The molecule has 2 atom stereocenters. The normalized spacial score (nSPS) is 25.7. The van der Waals surface area contributed by atoms with E-state index in [1.54, 1.807) is 0 Å². The highest BCUT2D eigenvalue weighted by atomic mass is 16.1. The van der Waals surface area contributed by atoms with Crippen LogP contribution in [0.25, 0.3) is 0 Å². The number of rotatable bonds is 4. The molecule has 1 aliphatic rings. The lowest BCUT2D eigenvalue weighted by Crippen LogP contribution is -2.37. The Labute approximate surface area is 128 Å². The lowest BCUT2D eigenvalue weighted by molar-refractivity contribution is -0.118. The molecule has 3 heteroatoms. The van der Waals surface area contributed by atoms with Crippen molar-refractivity contribution in [2.45, 2.75) is 53.0 Å². The van der Waals surface area contributed by atoms with Gasteiger partial charge < -0.3 is 10.6 Å². The van der Waals surface area contributed by atoms with Gasteiger partial charge in [0.15, 0.2) is 0 Å². The van der Waals surface area contributed by atoms with Crippen LogP contribution in [-0.2, 0) is 4.79 Å². The summed E-state index contributed by atoms with van der Waals surface area (Å²) in [7, 11) is 0. The molecule has 0 radical (unpaired) electrons. The van der Waals surface area contributed by atoms with Crippen molar-refractivity contribution in [1.82, 2.24) is 0 Å². The van der Waals surface area contributed by atoms with Crippen LogP contribution in [0.15, 0.2) is 24.3 Å². The highest BCUT2D eigenvalue weighted by Crippen LogP contribution is 2.31. The second kappa shape index (κ2) is 6.97. The largest absolute Gasteiger partial charge is 0.382 e. The van der Waals surface area contributed by atoms with Crippen molar-refractivity contribution >= 4 is 17.3 Å². The van der Waals surface area contributed by atoms with Crippen molar-refractivity contribution in [1.29, 1.82) is 0 Å². The molecule has 1 fully saturated rings. The molecule has 0 aliphatic heterocycles. The molecule has 0 spiro atoms. The summed E-state index contributed by atoms with van der Waals surface area (Å²) in [5.41, 5.74) is 1.97. The van der Waals surface area contributed by atoms with Gasteiger partial charge in [-0.15, -0.1) is 0 Å². The Bertz CT molecular complexity index is 474. The van der Waals surface area contributed by atoms with Gasteiger partial charge in [-0.3, -0.25) is 4.79 Å². The molecule has 1 aromatic rings. The maximum atomic E-state index is 11.8. The van der Waals surface area contributed by atoms with E-state index in [-0.39, 0.29) is 11.8 Å². The number of hydrogen-bond acceptors (Lipinski definition) is 2. The predicted octanol–water partition coefficient (Wildman–Crippen LogP) is 4.52. The van der Waals surface area contributed by atoms with Gasteiger partial charge in [-0.2, -0.15) is 0 Å². The van der Waals surface area contributed by atoms with Gasteiger partial charge in [0.1, 0.15) is 0 Å². The van der Waals surface area contributed by atoms with E-state index in [0.717, 1.165) is 11.4 Å². The summed E-state index contributed by atoms with van der Waals surface area (Å²) in [5, 5.41) is 6.63. The lowest BCUT2D eigenvalue weighted by atomic mass is 9.78. The summed E-state index contributed by atoms with van der Waals surface area (Å²) in [4.78, 5) is 11.8. The molecule has 1 saturated carbocycles. The molecule has 21 heavy (non-hydrogen) atoms. The number of hydrogen-bond donors (Lipinski definition) is 2. The molecule has 0 saturated heterocycles. The Hall–Kier alpha value is -1.51. The Balaban J connectivity index is 2.05. The molecular formula is C18H28N2O. The maximum absolute atomic E-state index is 11.8. The van der Waals surface area contributed by atoms with Crippen molar-refractivity contribution in [2.75, 3.05) is 10.6 Å². The number of carbonyl (C=O) groups excluding carboxylic acids is 1. The second-order valence-corrected chi connectivity index (χ2v) is 6.78. The molecule has 2 rings (SSSR count). The van der Waals surface area contributed by atoms with Crippen molar-refractivity contribution < 1.29 is 4.79 Å². The van der Waals surface area contributed by atoms with Gasteiger partial charge in [-0.25, -0.2) is 0 Å². The Morgan fingerprint density at radius 3 is 2.38 bits per heavy atom. The fourth-order valence-corrected chi connectivity index (χ4v) is 3.13. The van der Waals surface area contributed by atoms with Gasteiger partial charge in [0.25, 0.3) is 0 Å². The number of amides is 1. The van der Waals surface area contributed by atoms with Crippen molar-refractivity contribution in [3.63, 3.8) is 0 Å². The predicted molar refractivity (Wildman–Crippen MR) is 89.5 cm³/mol. The SMILES string of the molecule is CC(C)C(=O)Nc1cccc(NC2C(C)CCCC2C)c1. The fourth-order valence-electron chi connectivity index (χ4n) is 3.13. The van der Waals surface area contributed by atoms with Crippen LogP contribution >= 0.6 is 0 Å². The third-order valence-electron chi connectivity index (χ3n) is 4.53. The molecule has 1 aliphatic carbocycles. The molecule has 2 N–H and O–H groups in total. The molecule has 0 bridgehead atoms.